The van der Waals surface area contributed by atoms with Crippen LogP contribution < -0.4 is 9.80 Å². The molecule has 5 nitrogen and oxygen atoms in total. The Balaban J connectivity index is 0.987. The molecule has 0 radical (unpaired) electrons. The zero-order valence-electron chi connectivity index (χ0n) is 28.2. The molecule has 0 atom stereocenters. The van der Waals surface area contributed by atoms with Crippen molar-refractivity contribution in [2.75, 3.05) is 9.80 Å². The Morgan fingerprint density at radius 1 is 0.377 bits per heavy atom. The first-order valence-corrected chi connectivity index (χ1v) is 19.1. The lowest BCUT2D eigenvalue weighted by Crippen LogP contribution is -2.14. The van der Waals surface area contributed by atoms with E-state index in [9.17, 15) is 0 Å². The van der Waals surface area contributed by atoms with Gasteiger partial charge < -0.3 is 14.2 Å². The van der Waals surface area contributed by atoms with Crippen LogP contribution >= 0.6 is 23.5 Å². The van der Waals surface area contributed by atoms with Crippen molar-refractivity contribution in [3.63, 3.8) is 0 Å². The van der Waals surface area contributed by atoms with Crippen LogP contribution in [0.25, 0.3) is 44.5 Å². The largest absolute Gasteiger partial charge is 0.419 e. The number of nitrogens with zero attached hydrogens (tertiary/aromatic N) is 4. The smallest absolute Gasteiger partial charge is 0.229 e. The Labute approximate surface area is 314 Å². The van der Waals surface area contributed by atoms with Gasteiger partial charge in [0.1, 0.15) is 0 Å². The van der Waals surface area contributed by atoms with Gasteiger partial charge >= 0.3 is 0 Å². The molecule has 5 heterocycles. The summed E-state index contributed by atoms with van der Waals surface area (Å²) in [5.74, 6) is 0. The number of anilines is 6. The molecule has 0 bridgehead atoms. The molecule has 250 valence electrons. The summed E-state index contributed by atoms with van der Waals surface area (Å²) in [6.07, 6.45) is 3.80. The van der Waals surface area contributed by atoms with Crippen LogP contribution in [0.3, 0.4) is 0 Å². The number of pyridine rings is 2. The third kappa shape index (κ3) is 5.04. The van der Waals surface area contributed by atoms with Crippen LogP contribution in [-0.2, 0) is 0 Å². The average molecular weight is 717 g/mol. The van der Waals surface area contributed by atoms with Crippen LogP contribution in [0.2, 0.25) is 0 Å². The minimum atomic E-state index is 0.577. The van der Waals surface area contributed by atoms with Crippen LogP contribution in [-0.4, -0.2) is 9.97 Å². The van der Waals surface area contributed by atoms with E-state index in [-0.39, 0.29) is 0 Å². The standard InChI is InChI=1S/C46H28N4OS2/c1-5-19-41-37(15-1)49(38-16-2-6-20-42(38)52-41)33-13-9-11-29(23-33)31-25-35-36-26-32(28-48-46(36)51-45(35)47-27-31)30-12-10-14-34(24-30)50-39-17-3-7-21-43(39)53-44-22-8-4-18-40(44)50/h1-28H. The van der Waals surface area contributed by atoms with E-state index < -0.39 is 0 Å². The Morgan fingerprint density at radius 2 is 0.755 bits per heavy atom. The van der Waals surface area contributed by atoms with Gasteiger partial charge in [0, 0.05) is 54.5 Å². The first-order valence-electron chi connectivity index (χ1n) is 17.5. The first-order chi connectivity index (χ1) is 26.2. The van der Waals surface area contributed by atoms with Crippen molar-refractivity contribution < 1.29 is 4.42 Å². The van der Waals surface area contributed by atoms with Crippen molar-refractivity contribution in [2.45, 2.75) is 19.6 Å². The van der Waals surface area contributed by atoms with Crippen molar-refractivity contribution >= 4 is 79.8 Å². The molecule has 11 rings (SSSR count). The fourth-order valence-corrected chi connectivity index (χ4v) is 9.59. The van der Waals surface area contributed by atoms with E-state index in [1.165, 1.54) is 42.3 Å². The summed E-state index contributed by atoms with van der Waals surface area (Å²) in [4.78, 5) is 19.3. The van der Waals surface area contributed by atoms with Crippen LogP contribution in [0.5, 0.6) is 0 Å². The molecule has 0 fully saturated rings. The molecule has 0 spiro atoms. The molecule has 0 unspecified atom stereocenters. The van der Waals surface area contributed by atoms with Gasteiger partial charge in [0.2, 0.25) is 11.4 Å². The Morgan fingerprint density at radius 3 is 1.15 bits per heavy atom. The zero-order chi connectivity index (χ0) is 34.9. The lowest BCUT2D eigenvalue weighted by Gasteiger charge is -2.33. The Bertz CT molecular complexity index is 2620. The minimum Gasteiger partial charge on any atom is -0.419 e. The molecule has 6 aromatic carbocycles. The molecule has 0 amide bonds. The van der Waals surface area contributed by atoms with E-state index in [1.807, 2.05) is 35.9 Å². The second kappa shape index (κ2) is 12.2. The predicted octanol–water partition coefficient (Wildman–Crippen LogP) is 13.6. The topological polar surface area (TPSA) is 45.4 Å². The molecular formula is C46H28N4OS2. The van der Waals surface area contributed by atoms with Crippen LogP contribution in [0.1, 0.15) is 0 Å². The summed E-state index contributed by atoms with van der Waals surface area (Å²) < 4.78 is 6.18. The molecule has 7 heteroatoms. The third-order valence-electron chi connectivity index (χ3n) is 9.93. The molecular weight excluding hydrogens is 689 g/mol. The summed E-state index contributed by atoms with van der Waals surface area (Å²) in [5.41, 5.74) is 12.3. The van der Waals surface area contributed by atoms with E-state index in [1.54, 1.807) is 0 Å². The van der Waals surface area contributed by atoms with Gasteiger partial charge in [0.05, 0.1) is 33.5 Å². The lowest BCUT2D eigenvalue weighted by molar-refractivity contribution is 0.640. The van der Waals surface area contributed by atoms with E-state index in [0.29, 0.717) is 11.4 Å². The molecule has 3 aromatic heterocycles. The highest BCUT2D eigenvalue weighted by atomic mass is 32.2. The Kier molecular flexibility index (Phi) is 6.96. The van der Waals surface area contributed by atoms with Gasteiger partial charge in [-0.1, -0.05) is 96.3 Å². The fraction of sp³-hybridized carbons (Fsp3) is 0. The maximum atomic E-state index is 6.18. The number of benzene rings is 6. The molecule has 2 aliphatic heterocycles. The van der Waals surface area contributed by atoms with Crippen molar-refractivity contribution in [3.05, 3.63) is 170 Å². The number of hydrogen-bond donors (Lipinski definition) is 0. The quantitative estimate of drug-likeness (QED) is 0.180. The zero-order valence-corrected chi connectivity index (χ0v) is 29.8. The molecule has 2 aliphatic rings. The summed E-state index contributed by atoms with van der Waals surface area (Å²) in [7, 11) is 0. The highest BCUT2D eigenvalue weighted by molar-refractivity contribution is 8.00. The van der Waals surface area contributed by atoms with Crippen molar-refractivity contribution in [1.29, 1.82) is 0 Å². The molecule has 53 heavy (non-hydrogen) atoms. The second-order valence-electron chi connectivity index (χ2n) is 13.1. The van der Waals surface area contributed by atoms with Crippen molar-refractivity contribution in [3.8, 4) is 22.3 Å². The maximum absolute atomic E-state index is 6.18. The normalized spacial score (nSPS) is 13.1. The van der Waals surface area contributed by atoms with Crippen molar-refractivity contribution in [2.24, 2.45) is 0 Å². The number of fused-ring (bicyclic) bond motifs is 7. The summed E-state index contributed by atoms with van der Waals surface area (Å²) >= 11 is 3.63. The molecule has 0 saturated heterocycles. The lowest BCUT2D eigenvalue weighted by atomic mass is 10.0. The second-order valence-corrected chi connectivity index (χ2v) is 15.3. The van der Waals surface area contributed by atoms with Gasteiger partial charge in [0.15, 0.2) is 0 Å². The summed E-state index contributed by atoms with van der Waals surface area (Å²) in [5, 5.41) is 1.88. The summed E-state index contributed by atoms with van der Waals surface area (Å²) in [6.45, 7) is 0. The van der Waals surface area contributed by atoms with Gasteiger partial charge in [-0.25, -0.2) is 9.97 Å². The highest BCUT2D eigenvalue weighted by Gasteiger charge is 2.26. The van der Waals surface area contributed by atoms with E-state index in [0.717, 1.165) is 44.4 Å². The van der Waals surface area contributed by atoms with Gasteiger partial charge in [-0.15, -0.1) is 0 Å². The van der Waals surface area contributed by atoms with Gasteiger partial charge in [-0.2, -0.15) is 0 Å². The average Bonchev–Trinajstić information content (AvgIpc) is 3.59. The van der Waals surface area contributed by atoms with E-state index in [2.05, 4.69) is 168 Å². The Hall–Kier alpha value is -6.28. The minimum absolute atomic E-state index is 0.577. The SMILES string of the molecule is c1cc(-c2cnc3oc4ncc(-c5cccc(N6c7ccccc7Sc7ccccc76)c5)cc4c3c2)cc(N2c3ccccc3Sc3ccccc32)c1. The van der Waals surface area contributed by atoms with E-state index >= 15 is 0 Å². The number of furan rings is 1. The van der Waals surface area contributed by atoms with Crippen LogP contribution in [0, 0.1) is 0 Å². The monoisotopic (exact) mass is 716 g/mol. The van der Waals surface area contributed by atoms with Crippen LogP contribution in [0.15, 0.2) is 194 Å². The van der Waals surface area contributed by atoms with Gasteiger partial charge in [-0.3, -0.25) is 0 Å². The fourth-order valence-electron chi connectivity index (χ4n) is 7.48. The maximum Gasteiger partial charge on any atom is 0.229 e. The highest BCUT2D eigenvalue weighted by Crippen LogP contribution is 2.53. The van der Waals surface area contributed by atoms with E-state index in [4.69, 9.17) is 14.4 Å². The number of para-hydroxylation sites is 4. The summed E-state index contributed by atoms with van der Waals surface area (Å²) in [6, 6.07) is 56.2. The van der Waals surface area contributed by atoms with Gasteiger partial charge in [0.25, 0.3) is 0 Å². The number of aromatic nitrogens is 2. The van der Waals surface area contributed by atoms with Crippen LogP contribution in [0.4, 0.5) is 34.1 Å². The van der Waals surface area contributed by atoms with Gasteiger partial charge in [-0.05, 0) is 96.1 Å². The van der Waals surface area contributed by atoms with Crippen molar-refractivity contribution in [1.82, 2.24) is 9.97 Å². The molecule has 0 saturated carbocycles. The predicted molar refractivity (Wildman–Crippen MR) is 218 cm³/mol. The molecule has 0 aliphatic carbocycles. The third-order valence-corrected chi connectivity index (χ3v) is 12.2. The molecule has 9 aromatic rings. The first kappa shape index (κ1) is 30.4. The molecule has 0 N–H and O–H groups in total. The number of rotatable bonds is 4. The number of hydrogen-bond acceptors (Lipinski definition) is 7.